The number of hydrogen-bond donors (Lipinski definition) is 3. The molecule has 1 aromatic carbocycles. The molecule has 1 rings (SSSR count). The number of nitrogens with one attached hydrogen (secondary N) is 1. The molecule has 0 aliphatic rings. The van der Waals surface area contributed by atoms with E-state index in [0.29, 0.717) is 5.56 Å². The Morgan fingerprint density at radius 3 is 2.58 bits per heavy atom. The number of urea groups is 1. The van der Waals surface area contributed by atoms with E-state index < -0.39 is 30.5 Å². The Hall–Kier alpha value is -2.15. The second-order valence-electron chi connectivity index (χ2n) is 3.97. The second-order valence-corrected chi connectivity index (χ2v) is 3.97. The number of aliphatic hydroxyl groups is 1. The number of nitrogens with zero attached hydrogens (tertiary/aromatic N) is 1. The highest BCUT2D eigenvalue weighted by atomic mass is 19.1. The number of aliphatic hydroxyl groups excluding tert-OH is 1. The van der Waals surface area contributed by atoms with Gasteiger partial charge in [-0.1, -0.05) is 18.2 Å². The van der Waals surface area contributed by atoms with Gasteiger partial charge in [0, 0.05) is 19.2 Å². The fraction of sp³-hybridized carbons (Fsp3) is 0.333. The summed E-state index contributed by atoms with van der Waals surface area (Å²) in [5.74, 6) is -1.78. The molecule has 0 aliphatic heterocycles. The van der Waals surface area contributed by atoms with Crippen molar-refractivity contribution in [1.82, 2.24) is 10.2 Å². The van der Waals surface area contributed by atoms with Gasteiger partial charge >= 0.3 is 12.0 Å². The number of benzene rings is 1. The van der Waals surface area contributed by atoms with Crippen molar-refractivity contribution in [2.24, 2.45) is 0 Å². The average Bonchev–Trinajstić information content (AvgIpc) is 2.37. The van der Waals surface area contributed by atoms with Crippen LogP contribution in [0.2, 0.25) is 0 Å². The Kier molecular flexibility index (Phi) is 5.25. The number of rotatable bonds is 5. The maximum atomic E-state index is 13.4. The van der Waals surface area contributed by atoms with E-state index >= 15 is 0 Å². The molecule has 0 radical (unpaired) electrons. The predicted octanol–water partition coefficient (Wildman–Crippen LogP) is 0.413. The highest BCUT2D eigenvalue weighted by Crippen LogP contribution is 2.08. The predicted molar refractivity (Wildman–Crippen MR) is 64.9 cm³/mol. The summed E-state index contributed by atoms with van der Waals surface area (Å²) in [6, 6.07) is 3.89. The molecule has 0 fully saturated rings. The molecular weight excluding hydrogens is 255 g/mol. The van der Waals surface area contributed by atoms with Crippen molar-refractivity contribution in [3.8, 4) is 0 Å². The lowest BCUT2D eigenvalue weighted by Gasteiger charge is -2.20. The van der Waals surface area contributed by atoms with Gasteiger partial charge in [-0.15, -0.1) is 0 Å². The summed E-state index contributed by atoms with van der Waals surface area (Å²) >= 11 is 0. The van der Waals surface area contributed by atoms with Crippen LogP contribution in [0.3, 0.4) is 0 Å². The van der Waals surface area contributed by atoms with Gasteiger partial charge in [0.05, 0.1) is 6.61 Å². The van der Waals surface area contributed by atoms with E-state index in [-0.39, 0.29) is 6.54 Å². The van der Waals surface area contributed by atoms with Gasteiger partial charge in [-0.05, 0) is 6.07 Å². The van der Waals surface area contributed by atoms with Crippen LogP contribution in [-0.4, -0.2) is 46.8 Å². The van der Waals surface area contributed by atoms with Crippen molar-refractivity contribution >= 4 is 12.0 Å². The molecule has 1 aromatic rings. The summed E-state index contributed by atoms with van der Waals surface area (Å²) < 4.78 is 13.4. The molecule has 0 saturated heterocycles. The van der Waals surface area contributed by atoms with E-state index in [2.05, 4.69) is 5.32 Å². The van der Waals surface area contributed by atoms with E-state index in [1.165, 1.54) is 25.2 Å². The minimum Gasteiger partial charge on any atom is -0.480 e. The Labute approximate surface area is 109 Å². The van der Waals surface area contributed by atoms with E-state index in [9.17, 15) is 14.0 Å². The van der Waals surface area contributed by atoms with Crippen LogP contribution in [-0.2, 0) is 11.3 Å². The van der Waals surface area contributed by atoms with E-state index in [1.54, 1.807) is 6.07 Å². The van der Waals surface area contributed by atoms with Gasteiger partial charge in [0.2, 0.25) is 0 Å². The zero-order chi connectivity index (χ0) is 14.4. The van der Waals surface area contributed by atoms with Crippen molar-refractivity contribution in [3.63, 3.8) is 0 Å². The van der Waals surface area contributed by atoms with Crippen LogP contribution in [0.4, 0.5) is 9.18 Å². The van der Waals surface area contributed by atoms with Crippen LogP contribution in [0.5, 0.6) is 0 Å². The SMILES string of the molecule is CN(Cc1ccccc1F)C(=O)N[C@@H](CO)C(=O)O. The molecule has 0 aromatic heterocycles. The summed E-state index contributed by atoms with van der Waals surface area (Å²) in [5.41, 5.74) is 0.316. The highest BCUT2D eigenvalue weighted by molar-refractivity contribution is 5.82. The third-order valence-corrected chi connectivity index (χ3v) is 2.49. The first-order chi connectivity index (χ1) is 8.95. The third-order valence-electron chi connectivity index (χ3n) is 2.49. The molecule has 2 amide bonds. The monoisotopic (exact) mass is 270 g/mol. The van der Waals surface area contributed by atoms with Gasteiger partial charge in [-0.25, -0.2) is 14.0 Å². The average molecular weight is 270 g/mol. The van der Waals surface area contributed by atoms with Crippen molar-refractivity contribution in [2.75, 3.05) is 13.7 Å². The van der Waals surface area contributed by atoms with Crippen LogP contribution in [0, 0.1) is 5.82 Å². The first-order valence-corrected chi connectivity index (χ1v) is 5.54. The molecule has 0 unspecified atom stereocenters. The smallest absolute Gasteiger partial charge is 0.328 e. The van der Waals surface area contributed by atoms with Crippen molar-refractivity contribution in [3.05, 3.63) is 35.6 Å². The molecule has 104 valence electrons. The Balaban J connectivity index is 2.63. The zero-order valence-electron chi connectivity index (χ0n) is 10.3. The summed E-state index contributed by atoms with van der Waals surface area (Å²) in [6.07, 6.45) is 0. The van der Waals surface area contributed by atoms with Gasteiger partial charge in [-0.2, -0.15) is 0 Å². The molecular formula is C12H15FN2O4. The molecule has 0 bridgehead atoms. The molecule has 3 N–H and O–H groups in total. The van der Waals surface area contributed by atoms with Gasteiger partial charge < -0.3 is 20.4 Å². The van der Waals surface area contributed by atoms with E-state index in [1.807, 2.05) is 0 Å². The van der Waals surface area contributed by atoms with Gasteiger partial charge in [0.25, 0.3) is 0 Å². The minimum atomic E-state index is -1.38. The van der Waals surface area contributed by atoms with Crippen LogP contribution in [0.25, 0.3) is 0 Å². The molecule has 0 saturated carbocycles. The minimum absolute atomic E-state index is 0.00370. The van der Waals surface area contributed by atoms with Gasteiger partial charge in [-0.3, -0.25) is 0 Å². The Bertz CT molecular complexity index is 467. The van der Waals surface area contributed by atoms with E-state index in [4.69, 9.17) is 10.2 Å². The standard InChI is InChI=1S/C12H15FN2O4/c1-15(6-8-4-2-3-5-9(8)13)12(19)14-10(7-16)11(17)18/h2-5,10,16H,6-7H2,1H3,(H,14,19)(H,17,18)/t10-/m0/s1. The normalized spacial score (nSPS) is 11.7. The number of carboxylic acid groups (broad SMARTS) is 1. The molecule has 0 spiro atoms. The fourth-order valence-electron chi connectivity index (χ4n) is 1.40. The van der Waals surface area contributed by atoms with Crippen molar-refractivity contribution in [2.45, 2.75) is 12.6 Å². The summed E-state index contributed by atoms with van der Waals surface area (Å²) in [5, 5.41) is 19.6. The molecule has 6 nitrogen and oxygen atoms in total. The fourth-order valence-corrected chi connectivity index (χ4v) is 1.40. The van der Waals surface area contributed by atoms with Crippen LogP contribution in [0.15, 0.2) is 24.3 Å². The lowest BCUT2D eigenvalue weighted by molar-refractivity contribution is -0.140. The number of carbonyl (C=O) groups excluding carboxylic acids is 1. The largest absolute Gasteiger partial charge is 0.480 e. The third kappa shape index (κ3) is 4.22. The summed E-state index contributed by atoms with van der Waals surface area (Å²) in [6.45, 7) is -0.717. The first kappa shape index (κ1) is 14.9. The van der Waals surface area contributed by atoms with Crippen LogP contribution >= 0.6 is 0 Å². The van der Waals surface area contributed by atoms with Gasteiger partial charge in [0.15, 0.2) is 6.04 Å². The molecule has 0 heterocycles. The first-order valence-electron chi connectivity index (χ1n) is 5.54. The van der Waals surface area contributed by atoms with Gasteiger partial charge in [0.1, 0.15) is 5.82 Å². The number of carbonyl (C=O) groups is 2. The molecule has 1 atom stereocenters. The Morgan fingerprint density at radius 2 is 2.05 bits per heavy atom. The molecule has 0 aliphatic carbocycles. The highest BCUT2D eigenvalue weighted by Gasteiger charge is 2.21. The number of aliphatic carboxylic acids is 1. The maximum Gasteiger partial charge on any atom is 0.328 e. The zero-order valence-corrected chi connectivity index (χ0v) is 10.3. The summed E-state index contributed by atoms with van der Waals surface area (Å²) in [7, 11) is 1.40. The number of hydrogen-bond acceptors (Lipinski definition) is 3. The lowest BCUT2D eigenvalue weighted by Crippen LogP contribution is -2.48. The van der Waals surface area contributed by atoms with Crippen molar-refractivity contribution in [1.29, 1.82) is 0 Å². The second kappa shape index (κ2) is 6.69. The van der Waals surface area contributed by atoms with Crippen LogP contribution < -0.4 is 5.32 Å². The number of carboxylic acids is 1. The lowest BCUT2D eigenvalue weighted by atomic mass is 10.2. The number of halogens is 1. The number of amides is 2. The summed E-state index contributed by atoms with van der Waals surface area (Å²) in [4.78, 5) is 23.4. The van der Waals surface area contributed by atoms with Crippen LogP contribution in [0.1, 0.15) is 5.56 Å². The maximum absolute atomic E-state index is 13.4. The van der Waals surface area contributed by atoms with E-state index in [0.717, 1.165) is 4.90 Å². The Morgan fingerprint density at radius 1 is 1.42 bits per heavy atom. The quantitative estimate of drug-likeness (QED) is 0.723. The molecule has 19 heavy (non-hydrogen) atoms. The topological polar surface area (TPSA) is 89.9 Å². The molecule has 7 heteroatoms. The van der Waals surface area contributed by atoms with Crippen molar-refractivity contribution < 1.29 is 24.2 Å².